The van der Waals surface area contributed by atoms with Gasteiger partial charge in [0.2, 0.25) is 5.91 Å². The molecule has 5 nitrogen and oxygen atoms in total. The number of anilines is 1. The van der Waals surface area contributed by atoms with E-state index in [0.29, 0.717) is 0 Å². The molecule has 0 aliphatic carbocycles. The van der Waals surface area contributed by atoms with Gasteiger partial charge in [0.15, 0.2) is 0 Å². The van der Waals surface area contributed by atoms with E-state index in [1.54, 1.807) is 24.1 Å². The molecule has 0 unspecified atom stereocenters. The molecule has 102 valence electrons. The Morgan fingerprint density at radius 1 is 1.32 bits per heavy atom. The molecule has 2 rings (SSSR count). The van der Waals surface area contributed by atoms with Crippen molar-refractivity contribution in [1.82, 2.24) is 5.32 Å². The molecule has 0 bridgehead atoms. The molecule has 0 spiro atoms. The number of carboxylic acid groups (broad SMARTS) is 1. The molecule has 1 aliphatic heterocycles. The van der Waals surface area contributed by atoms with Crippen LogP contribution in [0, 0.1) is 5.92 Å². The van der Waals surface area contributed by atoms with Crippen molar-refractivity contribution in [2.75, 3.05) is 25.0 Å². The Balaban J connectivity index is 2.07. The van der Waals surface area contributed by atoms with Gasteiger partial charge in [-0.05, 0) is 43.7 Å². The Kier molecular flexibility index (Phi) is 4.16. The smallest absolute Gasteiger partial charge is 0.335 e. The Labute approximate surface area is 112 Å². The van der Waals surface area contributed by atoms with E-state index < -0.39 is 5.97 Å². The van der Waals surface area contributed by atoms with Crippen LogP contribution in [0.15, 0.2) is 24.3 Å². The van der Waals surface area contributed by atoms with E-state index in [9.17, 15) is 9.59 Å². The number of carbonyl (C=O) groups excluding carboxylic acids is 1. The van der Waals surface area contributed by atoms with Crippen molar-refractivity contribution in [3.05, 3.63) is 29.8 Å². The minimum absolute atomic E-state index is 0.0119. The van der Waals surface area contributed by atoms with Crippen molar-refractivity contribution in [2.24, 2.45) is 5.92 Å². The van der Waals surface area contributed by atoms with E-state index in [1.165, 1.54) is 12.1 Å². The number of carbonyl (C=O) groups is 2. The quantitative estimate of drug-likeness (QED) is 0.862. The first kappa shape index (κ1) is 13.5. The van der Waals surface area contributed by atoms with E-state index >= 15 is 0 Å². The average molecular weight is 262 g/mol. The SMILES string of the molecule is CN(C(=O)[C@@H]1CCCNC1)c1ccc(C(=O)O)cc1. The summed E-state index contributed by atoms with van der Waals surface area (Å²) in [6.07, 6.45) is 1.92. The largest absolute Gasteiger partial charge is 0.478 e. The van der Waals surface area contributed by atoms with Crippen molar-refractivity contribution in [1.29, 1.82) is 0 Å². The first-order valence-corrected chi connectivity index (χ1v) is 6.41. The second-order valence-electron chi connectivity index (χ2n) is 4.79. The first-order chi connectivity index (χ1) is 9.09. The molecule has 0 aromatic heterocycles. The fraction of sp³-hybridized carbons (Fsp3) is 0.429. The molecular weight excluding hydrogens is 244 g/mol. The fourth-order valence-electron chi connectivity index (χ4n) is 2.29. The topological polar surface area (TPSA) is 69.6 Å². The van der Waals surface area contributed by atoms with Gasteiger partial charge < -0.3 is 15.3 Å². The molecule has 1 fully saturated rings. The number of aromatic carboxylic acids is 1. The van der Waals surface area contributed by atoms with Crippen molar-refractivity contribution < 1.29 is 14.7 Å². The van der Waals surface area contributed by atoms with E-state index in [4.69, 9.17) is 5.11 Å². The van der Waals surface area contributed by atoms with E-state index in [2.05, 4.69) is 5.32 Å². The highest BCUT2D eigenvalue weighted by atomic mass is 16.4. The summed E-state index contributed by atoms with van der Waals surface area (Å²) >= 11 is 0. The van der Waals surface area contributed by atoms with E-state index in [0.717, 1.165) is 31.6 Å². The number of rotatable bonds is 3. The number of hydrogen-bond donors (Lipinski definition) is 2. The molecule has 1 aromatic rings. The Morgan fingerprint density at radius 3 is 2.53 bits per heavy atom. The van der Waals surface area contributed by atoms with Crippen LogP contribution in [0.2, 0.25) is 0 Å². The lowest BCUT2D eigenvalue weighted by Gasteiger charge is -2.27. The number of amides is 1. The zero-order chi connectivity index (χ0) is 13.8. The van der Waals surface area contributed by atoms with Gasteiger partial charge >= 0.3 is 5.97 Å². The van der Waals surface area contributed by atoms with Gasteiger partial charge in [-0.25, -0.2) is 4.79 Å². The summed E-state index contributed by atoms with van der Waals surface area (Å²) in [4.78, 5) is 24.7. The molecule has 1 atom stereocenters. The highest BCUT2D eigenvalue weighted by Gasteiger charge is 2.24. The zero-order valence-corrected chi connectivity index (χ0v) is 10.9. The van der Waals surface area contributed by atoms with E-state index in [1.807, 2.05) is 0 Å². The molecule has 19 heavy (non-hydrogen) atoms. The van der Waals surface area contributed by atoms with Crippen LogP contribution in [0.5, 0.6) is 0 Å². The summed E-state index contributed by atoms with van der Waals surface area (Å²) in [7, 11) is 1.73. The molecule has 1 aliphatic rings. The number of nitrogens with one attached hydrogen (secondary N) is 1. The molecule has 1 heterocycles. The summed E-state index contributed by atoms with van der Waals surface area (Å²) < 4.78 is 0. The molecule has 2 N–H and O–H groups in total. The maximum absolute atomic E-state index is 12.3. The van der Waals surface area contributed by atoms with Gasteiger partial charge in [0.05, 0.1) is 11.5 Å². The standard InChI is InChI=1S/C14H18N2O3/c1-16(13(17)11-3-2-8-15-9-11)12-6-4-10(5-7-12)14(18)19/h4-7,11,15H,2-3,8-9H2,1H3,(H,18,19)/t11-/m1/s1. The summed E-state index contributed by atoms with van der Waals surface area (Å²) in [5.41, 5.74) is 0.949. The van der Waals surface area contributed by atoms with E-state index in [-0.39, 0.29) is 17.4 Å². The number of piperidine rings is 1. The van der Waals surface area contributed by atoms with Crippen LogP contribution >= 0.6 is 0 Å². The maximum atomic E-state index is 12.3. The van der Waals surface area contributed by atoms with Crippen LogP contribution < -0.4 is 10.2 Å². The summed E-state index contributed by atoms with van der Waals surface area (Å²) in [5, 5.41) is 12.1. The lowest BCUT2D eigenvalue weighted by Crippen LogP contribution is -2.41. The third-order valence-electron chi connectivity index (χ3n) is 3.48. The van der Waals surface area contributed by atoms with Crippen LogP contribution in [0.25, 0.3) is 0 Å². The fourth-order valence-corrected chi connectivity index (χ4v) is 2.29. The van der Waals surface area contributed by atoms with Crippen LogP contribution in [0.4, 0.5) is 5.69 Å². The van der Waals surface area contributed by atoms with Crippen molar-refractivity contribution in [3.63, 3.8) is 0 Å². The number of nitrogens with zero attached hydrogens (tertiary/aromatic N) is 1. The summed E-state index contributed by atoms with van der Waals surface area (Å²) in [5.74, 6) is -0.870. The van der Waals surface area contributed by atoms with Gasteiger partial charge in [-0.2, -0.15) is 0 Å². The number of hydrogen-bond acceptors (Lipinski definition) is 3. The lowest BCUT2D eigenvalue weighted by atomic mass is 9.98. The molecule has 0 saturated carbocycles. The van der Waals surface area contributed by atoms with Crippen LogP contribution in [-0.4, -0.2) is 37.1 Å². The van der Waals surface area contributed by atoms with Gasteiger partial charge in [-0.15, -0.1) is 0 Å². The van der Waals surface area contributed by atoms with Gasteiger partial charge in [0.25, 0.3) is 0 Å². The number of carboxylic acids is 1. The maximum Gasteiger partial charge on any atom is 0.335 e. The average Bonchev–Trinajstić information content (AvgIpc) is 2.46. The van der Waals surface area contributed by atoms with Crippen LogP contribution in [0.3, 0.4) is 0 Å². The van der Waals surface area contributed by atoms with Crippen molar-refractivity contribution in [2.45, 2.75) is 12.8 Å². The molecule has 1 aromatic carbocycles. The summed E-state index contributed by atoms with van der Waals surface area (Å²) in [6, 6.07) is 6.36. The molecule has 5 heteroatoms. The van der Waals surface area contributed by atoms with Gasteiger partial charge in [0, 0.05) is 19.3 Å². The highest BCUT2D eigenvalue weighted by molar-refractivity contribution is 5.95. The second kappa shape index (κ2) is 5.84. The van der Waals surface area contributed by atoms with Crippen LogP contribution in [0.1, 0.15) is 23.2 Å². The van der Waals surface area contributed by atoms with Gasteiger partial charge in [0.1, 0.15) is 0 Å². The van der Waals surface area contributed by atoms with Crippen molar-refractivity contribution >= 4 is 17.6 Å². The van der Waals surface area contributed by atoms with Gasteiger partial charge in [-0.1, -0.05) is 0 Å². The molecule has 1 amide bonds. The Bertz CT molecular complexity index is 464. The predicted octanol–water partition coefficient (Wildman–Crippen LogP) is 1.35. The first-order valence-electron chi connectivity index (χ1n) is 6.41. The van der Waals surface area contributed by atoms with Crippen molar-refractivity contribution in [3.8, 4) is 0 Å². The Hall–Kier alpha value is -1.88. The highest BCUT2D eigenvalue weighted by Crippen LogP contribution is 2.19. The Morgan fingerprint density at radius 2 is 2.00 bits per heavy atom. The van der Waals surface area contributed by atoms with Crippen LogP contribution in [-0.2, 0) is 4.79 Å². The minimum Gasteiger partial charge on any atom is -0.478 e. The minimum atomic E-state index is -0.961. The molecular formula is C14H18N2O3. The molecule has 0 radical (unpaired) electrons. The lowest BCUT2D eigenvalue weighted by molar-refractivity contribution is -0.122. The third-order valence-corrected chi connectivity index (χ3v) is 3.48. The second-order valence-corrected chi connectivity index (χ2v) is 4.79. The summed E-state index contributed by atoms with van der Waals surface area (Å²) in [6.45, 7) is 1.69. The monoisotopic (exact) mass is 262 g/mol. The normalized spacial score (nSPS) is 18.9. The zero-order valence-electron chi connectivity index (χ0n) is 10.9. The third kappa shape index (κ3) is 3.12. The van der Waals surface area contributed by atoms with Gasteiger partial charge in [-0.3, -0.25) is 4.79 Å². The molecule has 1 saturated heterocycles. The predicted molar refractivity (Wildman–Crippen MR) is 72.4 cm³/mol. The number of benzene rings is 1.